The number of hydrogen-bond acceptors (Lipinski definition) is 5. The van der Waals surface area contributed by atoms with E-state index in [1.807, 2.05) is 13.8 Å². The van der Waals surface area contributed by atoms with Gasteiger partial charge in [-0.25, -0.2) is 9.67 Å². The summed E-state index contributed by atoms with van der Waals surface area (Å²) < 4.78 is 3.21. The Hall–Kier alpha value is -2.38. The predicted molar refractivity (Wildman–Crippen MR) is 67.2 cm³/mol. The van der Waals surface area contributed by atoms with Gasteiger partial charge in [0.15, 0.2) is 11.5 Å². The minimum Gasteiger partial charge on any atom is -0.382 e. The molecule has 0 fully saturated rings. The van der Waals surface area contributed by atoms with Crippen LogP contribution in [-0.2, 0) is 13.1 Å². The van der Waals surface area contributed by atoms with Crippen molar-refractivity contribution >= 4 is 17.5 Å². The zero-order chi connectivity index (χ0) is 13.1. The maximum atomic E-state index is 12.0. The molecule has 0 amide bonds. The quantitative estimate of drug-likeness (QED) is 0.800. The molecule has 8 nitrogen and oxygen atoms in total. The van der Waals surface area contributed by atoms with E-state index < -0.39 is 0 Å². The first-order valence-corrected chi connectivity index (χ1v) is 5.69. The van der Waals surface area contributed by atoms with Crippen LogP contribution in [0.4, 0.5) is 17.5 Å². The van der Waals surface area contributed by atoms with Gasteiger partial charge in [0.25, 0.3) is 5.56 Å². The monoisotopic (exact) mass is 249 g/mol. The number of hydrogen-bond donors (Lipinski definition) is 2. The first-order valence-electron chi connectivity index (χ1n) is 5.69. The third-order valence-corrected chi connectivity index (χ3v) is 2.58. The molecule has 96 valence electrons. The van der Waals surface area contributed by atoms with Crippen molar-refractivity contribution in [3.8, 4) is 0 Å². The van der Waals surface area contributed by atoms with Crippen molar-refractivity contribution in [1.82, 2.24) is 19.3 Å². The van der Waals surface area contributed by atoms with Crippen LogP contribution in [0.3, 0.4) is 0 Å². The van der Waals surface area contributed by atoms with Crippen molar-refractivity contribution in [2.75, 3.05) is 5.73 Å². The minimum atomic E-state index is -0.243. The first kappa shape index (κ1) is 12.1. The molecular weight excluding hydrogens is 234 g/mol. The first-order chi connectivity index (χ1) is 8.69. The number of imidazole rings is 1. The van der Waals surface area contributed by atoms with Gasteiger partial charge in [0.1, 0.15) is 0 Å². The van der Waals surface area contributed by atoms with E-state index in [2.05, 4.69) is 20.2 Å². The van der Waals surface area contributed by atoms with Crippen molar-refractivity contribution < 1.29 is 0 Å². The zero-order valence-electron chi connectivity index (χ0n) is 10.3. The molecule has 18 heavy (non-hydrogen) atoms. The van der Waals surface area contributed by atoms with Crippen molar-refractivity contribution in [3.05, 3.63) is 22.7 Å². The summed E-state index contributed by atoms with van der Waals surface area (Å²) in [4.78, 5) is 18.7. The SMILES string of the molecule is CCn1c(N)c(/N=N/c2ncc[nH]2)c(=O)n1CC. The smallest absolute Gasteiger partial charge is 0.296 e. The van der Waals surface area contributed by atoms with E-state index in [-0.39, 0.29) is 11.2 Å². The molecule has 2 heterocycles. The van der Waals surface area contributed by atoms with Crippen LogP contribution in [0.1, 0.15) is 13.8 Å². The second kappa shape index (κ2) is 4.86. The van der Waals surface area contributed by atoms with Crippen molar-refractivity contribution in [3.63, 3.8) is 0 Å². The molecule has 0 spiro atoms. The molecular formula is C10H15N7O. The molecule has 0 aromatic carbocycles. The largest absolute Gasteiger partial charge is 0.382 e. The third kappa shape index (κ3) is 1.92. The van der Waals surface area contributed by atoms with Crippen LogP contribution in [0.25, 0.3) is 0 Å². The van der Waals surface area contributed by atoms with Gasteiger partial charge in [0.2, 0.25) is 5.95 Å². The Morgan fingerprint density at radius 1 is 1.33 bits per heavy atom. The van der Waals surface area contributed by atoms with E-state index in [0.29, 0.717) is 24.9 Å². The maximum Gasteiger partial charge on any atom is 0.296 e. The lowest BCUT2D eigenvalue weighted by Gasteiger charge is -2.07. The van der Waals surface area contributed by atoms with Gasteiger partial charge in [-0.1, -0.05) is 0 Å². The predicted octanol–water partition coefficient (Wildman–Crippen LogP) is 1.41. The van der Waals surface area contributed by atoms with Crippen LogP contribution in [0.2, 0.25) is 0 Å². The van der Waals surface area contributed by atoms with Gasteiger partial charge in [-0.2, -0.15) is 0 Å². The highest BCUT2D eigenvalue weighted by Crippen LogP contribution is 2.20. The van der Waals surface area contributed by atoms with Gasteiger partial charge in [0.05, 0.1) is 0 Å². The van der Waals surface area contributed by atoms with Gasteiger partial charge in [-0.05, 0) is 13.8 Å². The number of anilines is 1. The molecule has 2 rings (SSSR count). The summed E-state index contributed by atoms with van der Waals surface area (Å²) in [7, 11) is 0. The number of nitrogens with two attached hydrogens (primary N) is 1. The van der Waals surface area contributed by atoms with Crippen molar-refractivity contribution in [1.29, 1.82) is 0 Å². The highest BCUT2D eigenvalue weighted by atomic mass is 16.1. The van der Waals surface area contributed by atoms with Gasteiger partial charge >= 0.3 is 0 Å². The average molecular weight is 249 g/mol. The maximum absolute atomic E-state index is 12.0. The number of rotatable bonds is 4. The molecule has 0 saturated carbocycles. The standard InChI is InChI=1S/C10H15N7O/c1-3-16-8(11)7(9(18)17(16)4-2)14-15-10-12-5-6-13-10/h5-6H,3-4,11H2,1-2H3,(H,12,13)/b15-14+. The van der Waals surface area contributed by atoms with E-state index in [9.17, 15) is 4.79 Å². The molecule has 2 aromatic heterocycles. The molecule has 0 aliphatic rings. The fourth-order valence-electron chi connectivity index (χ4n) is 1.75. The summed E-state index contributed by atoms with van der Waals surface area (Å²) >= 11 is 0. The van der Waals surface area contributed by atoms with Gasteiger partial charge < -0.3 is 10.7 Å². The third-order valence-electron chi connectivity index (χ3n) is 2.58. The average Bonchev–Trinajstić information content (AvgIpc) is 2.94. The van der Waals surface area contributed by atoms with Crippen LogP contribution in [0, 0.1) is 0 Å². The molecule has 3 N–H and O–H groups in total. The topological polar surface area (TPSA) is 106 Å². The molecule has 0 aliphatic carbocycles. The second-order valence-electron chi connectivity index (χ2n) is 3.58. The van der Waals surface area contributed by atoms with Crippen molar-refractivity contribution in [2.45, 2.75) is 26.9 Å². The molecule has 0 radical (unpaired) electrons. The summed E-state index contributed by atoms with van der Waals surface area (Å²) in [6.07, 6.45) is 3.18. The van der Waals surface area contributed by atoms with Gasteiger partial charge in [-0.15, -0.1) is 10.2 Å². The van der Waals surface area contributed by atoms with E-state index >= 15 is 0 Å². The van der Waals surface area contributed by atoms with Crippen LogP contribution in [-0.4, -0.2) is 19.3 Å². The summed E-state index contributed by atoms with van der Waals surface area (Å²) in [6.45, 7) is 4.92. The Balaban J connectivity index is 2.46. The van der Waals surface area contributed by atoms with Crippen LogP contribution >= 0.6 is 0 Å². The molecule has 0 aliphatic heterocycles. The Kier molecular flexibility index (Phi) is 3.26. The Labute approximate surface area is 103 Å². The summed E-state index contributed by atoms with van der Waals surface area (Å²) in [5, 5.41) is 7.71. The van der Waals surface area contributed by atoms with E-state index in [1.165, 1.54) is 4.68 Å². The van der Waals surface area contributed by atoms with E-state index in [1.54, 1.807) is 17.1 Å². The summed E-state index contributed by atoms with van der Waals surface area (Å²) in [5.74, 6) is 0.653. The number of nitrogen functional groups attached to an aromatic ring is 1. The fraction of sp³-hybridized carbons (Fsp3) is 0.400. The lowest BCUT2D eigenvalue weighted by atomic mass is 10.5. The minimum absolute atomic E-state index is 0.148. The van der Waals surface area contributed by atoms with Gasteiger partial charge in [-0.3, -0.25) is 9.48 Å². The molecule has 8 heteroatoms. The Morgan fingerprint density at radius 2 is 2.06 bits per heavy atom. The number of nitrogens with zero attached hydrogens (tertiary/aromatic N) is 5. The number of azo groups is 1. The van der Waals surface area contributed by atoms with Gasteiger partial charge in [0, 0.05) is 25.5 Å². The normalized spacial score (nSPS) is 11.4. The van der Waals surface area contributed by atoms with Crippen LogP contribution in [0.5, 0.6) is 0 Å². The van der Waals surface area contributed by atoms with E-state index in [0.717, 1.165) is 0 Å². The number of H-pyrrole nitrogens is 1. The Morgan fingerprint density at radius 3 is 2.56 bits per heavy atom. The molecule has 0 saturated heterocycles. The van der Waals surface area contributed by atoms with E-state index in [4.69, 9.17) is 5.73 Å². The molecule has 2 aromatic rings. The number of aromatic nitrogens is 4. The summed E-state index contributed by atoms with van der Waals surface area (Å²) in [6, 6.07) is 0. The lowest BCUT2D eigenvalue weighted by Crippen LogP contribution is -2.21. The Bertz CT molecular complexity index is 605. The van der Waals surface area contributed by atoms with Crippen molar-refractivity contribution in [2.24, 2.45) is 10.2 Å². The molecule has 0 bridgehead atoms. The number of aromatic amines is 1. The molecule has 0 atom stereocenters. The fourth-order valence-corrected chi connectivity index (χ4v) is 1.75. The zero-order valence-corrected chi connectivity index (χ0v) is 10.3. The highest BCUT2D eigenvalue weighted by Gasteiger charge is 2.15. The van der Waals surface area contributed by atoms with Crippen LogP contribution < -0.4 is 11.3 Å². The highest BCUT2D eigenvalue weighted by molar-refractivity contribution is 5.56. The lowest BCUT2D eigenvalue weighted by molar-refractivity contribution is 0.483. The molecule has 0 unspecified atom stereocenters. The second-order valence-corrected chi connectivity index (χ2v) is 3.58. The number of nitrogens with one attached hydrogen (secondary N) is 1. The summed E-state index contributed by atoms with van der Waals surface area (Å²) in [5.41, 5.74) is 5.79. The van der Waals surface area contributed by atoms with Crippen LogP contribution in [0.15, 0.2) is 27.4 Å².